The number of aryl methyl sites for hydroxylation is 2. The van der Waals surface area contributed by atoms with Gasteiger partial charge in [-0.15, -0.1) is 0 Å². The Kier molecular flexibility index (Phi) is 6.82. The van der Waals surface area contributed by atoms with Crippen LogP contribution in [0.15, 0.2) is 48.7 Å². The molecule has 2 aromatic carbocycles. The van der Waals surface area contributed by atoms with E-state index >= 15 is 0 Å². The van der Waals surface area contributed by atoms with Gasteiger partial charge >= 0.3 is 5.97 Å². The summed E-state index contributed by atoms with van der Waals surface area (Å²) in [5.74, 6) is -3.73. The summed E-state index contributed by atoms with van der Waals surface area (Å²) in [4.78, 5) is 25.0. The molecule has 0 unspecified atom stereocenters. The number of benzene rings is 2. The van der Waals surface area contributed by atoms with Crippen LogP contribution < -0.4 is 0 Å². The smallest absolute Gasteiger partial charge is 0.323 e. The van der Waals surface area contributed by atoms with Gasteiger partial charge in [0.1, 0.15) is 6.54 Å². The first kappa shape index (κ1) is 21.5. The Morgan fingerprint density at radius 2 is 1.83 bits per heavy atom. The van der Waals surface area contributed by atoms with E-state index < -0.39 is 30.1 Å². The summed E-state index contributed by atoms with van der Waals surface area (Å²) < 4.78 is 29.6. The molecule has 7 heteroatoms. The van der Waals surface area contributed by atoms with E-state index in [9.17, 15) is 18.4 Å². The molecule has 0 bridgehead atoms. The third-order valence-electron chi connectivity index (χ3n) is 5.02. The summed E-state index contributed by atoms with van der Waals surface area (Å²) in [6.07, 6.45) is 3.50. The number of hydrogen-bond donors (Lipinski definition) is 1. The molecule has 0 radical (unpaired) electrons. The average molecular weight is 414 g/mol. The van der Waals surface area contributed by atoms with Crippen LogP contribution in [-0.4, -0.2) is 33.0 Å². The summed E-state index contributed by atoms with van der Waals surface area (Å²) in [6, 6.07) is 11.6. The third kappa shape index (κ3) is 4.84. The van der Waals surface area contributed by atoms with Gasteiger partial charge in [-0.25, -0.2) is 8.78 Å². The van der Waals surface area contributed by atoms with Crippen molar-refractivity contribution in [2.75, 3.05) is 6.54 Å². The number of carbonyl (C=O) groups is 2. The number of rotatable bonds is 9. The van der Waals surface area contributed by atoms with E-state index in [4.69, 9.17) is 5.11 Å². The zero-order valence-electron chi connectivity index (χ0n) is 16.8. The Morgan fingerprint density at radius 1 is 1.07 bits per heavy atom. The Labute approximate surface area is 173 Å². The number of aromatic nitrogens is 1. The van der Waals surface area contributed by atoms with Gasteiger partial charge in [-0.1, -0.05) is 37.3 Å². The van der Waals surface area contributed by atoms with Gasteiger partial charge in [-0.05, 0) is 30.5 Å². The lowest BCUT2D eigenvalue weighted by atomic mass is 10.1. The zero-order valence-corrected chi connectivity index (χ0v) is 16.8. The number of fused-ring (bicyclic) bond motifs is 1. The number of aliphatic carboxylic acids is 1. The van der Waals surface area contributed by atoms with Crippen LogP contribution in [0.25, 0.3) is 10.9 Å². The molecular formula is C23H24F2N2O3. The lowest BCUT2D eigenvalue weighted by molar-refractivity contribution is -0.144. The highest BCUT2D eigenvalue weighted by molar-refractivity contribution is 5.85. The standard InChI is InChI=1S/C23H24F2N2O3/c1-2-12-26-13-16(18-7-3-4-9-20(18)26)10-11-21(28)27(15-22(29)30)14-17-6-5-8-19(24)23(17)25/h3-9,13H,2,10-12,14-15H2,1H3,(H,29,30). The number of carboxylic acid groups (broad SMARTS) is 1. The van der Waals surface area contributed by atoms with Gasteiger partial charge in [0.15, 0.2) is 11.6 Å². The minimum atomic E-state index is -1.21. The molecule has 1 aromatic heterocycles. The molecule has 1 heterocycles. The fourth-order valence-electron chi connectivity index (χ4n) is 3.62. The van der Waals surface area contributed by atoms with Crippen LogP contribution in [0.4, 0.5) is 8.78 Å². The molecule has 158 valence electrons. The number of para-hydroxylation sites is 1. The predicted octanol–water partition coefficient (Wildman–Crippen LogP) is 4.38. The molecular weight excluding hydrogens is 390 g/mol. The fraction of sp³-hybridized carbons (Fsp3) is 0.304. The first-order valence-electron chi connectivity index (χ1n) is 9.90. The number of carbonyl (C=O) groups excluding carboxylic acids is 1. The number of nitrogens with zero attached hydrogens (tertiary/aromatic N) is 2. The van der Waals surface area contributed by atoms with Crippen LogP contribution >= 0.6 is 0 Å². The van der Waals surface area contributed by atoms with Gasteiger partial charge < -0.3 is 14.6 Å². The molecule has 0 aliphatic heterocycles. The van der Waals surface area contributed by atoms with Crippen LogP contribution in [0.3, 0.4) is 0 Å². The Balaban J connectivity index is 1.77. The molecule has 0 aliphatic carbocycles. The van der Waals surface area contributed by atoms with Crippen molar-refractivity contribution in [1.82, 2.24) is 9.47 Å². The SMILES string of the molecule is CCCn1cc(CCC(=O)N(CC(=O)O)Cc2cccc(F)c2F)c2ccccc21. The number of carboxylic acids is 1. The van der Waals surface area contributed by atoms with Crippen LogP contribution in [-0.2, 0) is 29.1 Å². The van der Waals surface area contributed by atoms with Crippen LogP contribution in [0, 0.1) is 11.6 Å². The van der Waals surface area contributed by atoms with E-state index in [0.29, 0.717) is 6.42 Å². The van der Waals surface area contributed by atoms with E-state index in [0.717, 1.165) is 40.4 Å². The Morgan fingerprint density at radius 3 is 2.57 bits per heavy atom. The van der Waals surface area contributed by atoms with Crippen LogP contribution in [0.1, 0.15) is 30.9 Å². The van der Waals surface area contributed by atoms with E-state index in [2.05, 4.69) is 11.5 Å². The van der Waals surface area contributed by atoms with E-state index in [1.807, 2.05) is 30.5 Å². The summed E-state index contributed by atoms with van der Waals surface area (Å²) in [6.45, 7) is 2.07. The van der Waals surface area contributed by atoms with Gasteiger partial charge in [0, 0.05) is 42.2 Å². The van der Waals surface area contributed by atoms with Crippen molar-refractivity contribution >= 4 is 22.8 Å². The van der Waals surface area contributed by atoms with Gasteiger partial charge in [-0.2, -0.15) is 0 Å². The quantitative estimate of drug-likeness (QED) is 0.565. The fourth-order valence-corrected chi connectivity index (χ4v) is 3.62. The molecule has 0 atom stereocenters. The maximum absolute atomic E-state index is 14.0. The second-order valence-electron chi connectivity index (χ2n) is 7.22. The molecule has 3 rings (SSSR count). The molecule has 0 fully saturated rings. The predicted molar refractivity (Wildman–Crippen MR) is 110 cm³/mol. The Bertz CT molecular complexity index is 1060. The summed E-state index contributed by atoms with van der Waals surface area (Å²) in [5.41, 5.74) is 2.04. The number of hydrogen-bond acceptors (Lipinski definition) is 2. The van der Waals surface area contributed by atoms with E-state index in [1.54, 1.807) is 0 Å². The molecule has 1 amide bonds. The first-order chi connectivity index (χ1) is 14.4. The van der Waals surface area contributed by atoms with Crippen molar-refractivity contribution in [3.05, 3.63) is 71.4 Å². The lowest BCUT2D eigenvalue weighted by Crippen LogP contribution is -2.35. The van der Waals surface area contributed by atoms with Gasteiger partial charge in [0.2, 0.25) is 5.91 Å². The minimum Gasteiger partial charge on any atom is -0.480 e. The number of amides is 1. The minimum absolute atomic E-state index is 0.0517. The lowest BCUT2D eigenvalue weighted by Gasteiger charge is -2.21. The molecule has 3 aromatic rings. The monoisotopic (exact) mass is 414 g/mol. The van der Waals surface area contributed by atoms with E-state index in [1.165, 1.54) is 12.1 Å². The molecule has 0 saturated carbocycles. The maximum Gasteiger partial charge on any atom is 0.323 e. The molecule has 0 aliphatic rings. The van der Waals surface area contributed by atoms with Crippen molar-refractivity contribution in [3.63, 3.8) is 0 Å². The topological polar surface area (TPSA) is 62.5 Å². The van der Waals surface area contributed by atoms with Crippen molar-refractivity contribution < 1.29 is 23.5 Å². The number of halogens is 2. The molecule has 30 heavy (non-hydrogen) atoms. The largest absolute Gasteiger partial charge is 0.480 e. The highest BCUT2D eigenvalue weighted by Crippen LogP contribution is 2.23. The van der Waals surface area contributed by atoms with Crippen molar-refractivity contribution in [2.24, 2.45) is 0 Å². The van der Waals surface area contributed by atoms with Gasteiger partial charge in [0.05, 0.1) is 0 Å². The van der Waals surface area contributed by atoms with Gasteiger partial charge in [-0.3, -0.25) is 9.59 Å². The van der Waals surface area contributed by atoms with Crippen LogP contribution in [0.2, 0.25) is 0 Å². The summed E-state index contributed by atoms with van der Waals surface area (Å²) in [7, 11) is 0. The molecule has 0 saturated heterocycles. The maximum atomic E-state index is 14.0. The molecule has 0 spiro atoms. The van der Waals surface area contributed by atoms with Crippen LogP contribution in [0.5, 0.6) is 0 Å². The first-order valence-corrected chi connectivity index (χ1v) is 9.90. The third-order valence-corrected chi connectivity index (χ3v) is 5.02. The van der Waals surface area contributed by atoms with Gasteiger partial charge in [0.25, 0.3) is 0 Å². The normalized spacial score (nSPS) is 11.0. The highest BCUT2D eigenvalue weighted by Gasteiger charge is 2.20. The highest BCUT2D eigenvalue weighted by atomic mass is 19.2. The van der Waals surface area contributed by atoms with Crippen molar-refractivity contribution in [3.8, 4) is 0 Å². The summed E-state index contributed by atoms with van der Waals surface area (Å²) in [5, 5.41) is 10.2. The van der Waals surface area contributed by atoms with Crippen molar-refractivity contribution in [2.45, 2.75) is 39.3 Å². The summed E-state index contributed by atoms with van der Waals surface area (Å²) >= 11 is 0. The van der Waals surface area contributed by atoms with E-state index in [-0.39, 0.29) is 18.5 Å². The second-order valence-corrected chi connectivity index (χ2v) is 7.22. The average Bonchev–Trinajstić information content (AvgIpc) is 3.07. The zero-order chi connectivity index (χ0) is 21.7. The molecule has 5 nitrogen and oxygen atoms in total. The van der Waals surface area contributed by atoms with Crippen molar-refractivity contribution in [1.29, 1.82) is 0 Å². The second kappa shape index (κ2) is 9.52. The molecule has 1 N–H and O–H groups in total. The Hall–Kier alpha value is -3.22.